The quantitative estimate of drug-likeness (QED) is 0.370. The van der Waals surface area contributed by atoms with Crippen LogP contribution in [0.25, 0.3) is 11.0 Å². The number of benzene rings is 2. The summed E-state index contributed by atoms with van der Waals surface area (Å²) in [6.45, 7) is -1.43. The molecule has 0 spiro atoms. The van der Waals surface area contributed by atoms with Gasteiger partial charge in [0.25, 0.3) is 11.5 Å². The number of pyridine rings is 1. The molecule has 14 heteroatoms. The Morgan fingerprint density at radius 1 is 1.08 bits per heavy atom. The van der Waals surface area contributed by atoms with Crippen molar-refractivity contribution in [2.24, 2.45) is 0 Å². The van der Waals surface area contributed by atoms with E-state index in [0.717, 1.165) is 12.3 Å². The minimum Gasteiger partial charge on any atom is -0.487 e. The number of fused-ring (bicyclic) bond motifs is 1. The lowest BCUT2D eigenvalue weighted by molar-refractivity contribution is 0.0819. The van der Waals surface area contributed by atoms with E-state index in [0.29, 0.717) is 20.2 Å². The van der Waals surface area contributed by atoms with E-state index in [1.54, 1.807) is 0 Å². The molecule has 2 aromatic carbocycles. The van der Waals surface area contributed by atoms with Gasteiger partial charge < -0.3 is 14.4 Å². The van der Waals surface area contributed by atoms with Crippen LogP contribution in [0.15, 0.2) is 58.3 Å². The van der Waals surface area contributed by atoms with Gasteiger partial charge in [-0.05, 0) is 35.9 Å². The largest absolute Gasteiger partial charge is 0.487 e. The van der Waals surface area contributed by atoms with Gasteiger partial charge in [0.15, 0.2) is 0 Å². The number of aliphatic hydroxyl groups is 1. The lowest BCUT2D eigenvalue weighted by Crippen LogP contribution is -2.33. The molecule has 4 rings (SSSR count). The first-order chi connectivity index (χ1) is 17.4. The fourth-order valence-corrected chi connectivity index (χ4v) is 4.81. The Kier molecular flexibility index (Phi) is 7.04. The Morgan fingerprint density at radius 3 is 2.46 bits per heavy atom. The van der Waals surface area contributed by atoms with Crippen LogP contribution in [0, 0.1) is 11.6 Å². The normalized spacial score (nSPS) is 11.7. The van der Waals surface area contributed by atoms with Gasteiger partial charge in [0.1, 0.15) is 35.6 Å². The third-order valence-electron chi connectivity index (χ3n) is 5.40. The van der Waals surface area contributed by atoms with Crippen LogP contribution < -0.4 is 16.0 Å². The van der Waals surface area contributed by atoms with Crippen molar-refractivity contribution in [2.75, 3.05) is 12.9 Å². The number of halogens is 3. The molecular formula is C23H18ClF2N3O7S. The molecule has 0 unspecified atom stereocenters. The molecule has 0 aliphatic carbocycles. The van der Waals surface area contributed by atoms with Gasteiger partial charge >= 0.3 is 5.69 Å². The number of imidazole rings is 1. The van der Waals surface area contributed by atoms with E-state index in [9.17, 15) is 36.7 Å². The molecule has 0 amide bonds. The summed E-state index contributed by atoms with van der Waals surface area (Å²) in [4.78, 5) is 37.6. The standard InChI is InChI=1S/C23H18ClF2N3O7S/c1-37(34,35)29-17-5-2-13(8-18(17)28(23(29)33)20(31)11-30)10-27-7-6-19(21(24)22(27)32)36-12-14-3-4-15(25)9-16(14)26/h2-9,30H,10-12H2,1H3. The summed E-state index contributed by atoms with van der Waals surface area (Å²) in [6, 6.07) is 8.44. The molecule has 2 heterocycles. The minimum absolute atomic E-state index is 0.0327. The molecule has 2 aromatic heterocycles. The summed E-state index contributed by atoms with van der Waals surface area (Å²) in [5.74, 6) is -2.63. The maximum atomic E-state index is 13.8. The first-order valence-corrected chi connectivity index (χ1v) is 12.7. The molecule has 0 bridgehead atoms. The van der Waals surface area contributed by atoms with Gasteiger partial charge in [0.2, 0.25) is 10.0 Å². The number of carbonyl (C=O) groups is 1. The van der Waals surface area contributed by atoms with Gasteiger partial charge in [-0.25, -0.2) is 26.6 Å². The second-order valence-corrected chi connectivity index (χ2v) is 10.2. The summed E-state index contributed by atoms with van der Waals surface area (Å²) in [5, 5.41) is 8.94. The predicted octanol–water partition coefficient (Wildman–Crippen LogP) is 1.96. The van der Waals surface area contributed by atoms with Gasteiger partial charge in [-0.15, -0.1) is 0 Å². The molecule has 0 fully saturated rings. The van der Waals surface area contributed by atoms with E-state index in [2.05, 4.69) is 0 Å². The van der Waals surface area contributed by atoms with Crippen LogP contribution in [0.5, 0.6) is 5.75 Å². The summed E-state index contributed by atoms with van der Waals surface area (Å²) >= 11 is 6.15. The first-order valence-electron chi connectivity index (χ1n) is 10.5. The molecule has 194 valence electrons. The van der Waals surface area contributed by atoms with Gasteiger partial charge in [-0.2, -0.15) is 3.97 Å². The van der Waals surface area contributed by atoms with E-state index in [1.807, 2.05) is 0 Å². The fourth-order valence-electron chi connectivity index (χ4n) is 3.70. The second kappa shape index (κ2) is 9.92. The molecular weight excluding hydrogens is 536 g/mol. The van der Waals surface area contributed by atoms with Crippen molar-refractivity contribution >= 4 is 38.6 Å². The average Bonchev–Trinajstić information content (AvgIpc) is 3.13. The van der Waals surface area contributed by atoms with Gasteiger partial charge in [-0.1, -0.05) is 17.7 Å². The van der Waals surface area contributed by atoms with Crippen LogP contribution in [-0.2, 0) is 23.2 Å². The number of hydrogen-bond donors (Lipinski definition) is 1. The fraction of sp³-hybridized carbons (Fsp3) is 0.174. The van der Waals surface area contributed by atoms with Gasteiger partial charge in [0.05, 0.1) is 23.8 Å². The molecule has 10 nitrogen and oxygen atoms in total. The van der Waals surface area contributed by atoms with E-state index >= 15 is 0 Å². The van der Waals surface area contributed by atoms with Crippen molar-refractivity contribution in [3.8, 4) is 5.75 Å². The molecule has 0 saturated heterocycles. The predicted molar refractivity (Wildman–Crippen MR) is 130 cm³/mol. The van der Waals surface area contributed by atoms with Crippen molar-refractivity contribution in [1.29, 1.82) is 0 Å². The number of nitrogens with zero attached hydrogens (tertiary/aromatic N) is 3. The number of aliphatic hydroxyl groups excluding tert-OH is 1. The highest BCUT2D eigenvalue weighted by atomic mass is 35.5. The Morgan fingerprint density at radius 2 is 1.81 bits per heavy atom. The second-order valence-electron chi connectivity index (χ2n) is 7.97. The molecule has 0 saturated carbocycles. The third kappa shape index (κ3) is 5.05. The first kappa shape index (κ1) is 26.3. The number of ether oxygens (including phenoxy) is 1. The summed E-state index contributed by atoms with van der Waals surface area (Å²) < 4.78 is 58.8. The molecule has 0 radical (unpaired) electrons. The van der Waals surface area contributed by atoms with Crippen LogP contribution in [0.2, 0.25) is 5.02 Å². The molecule has 1 N–H and O–H groups in total. The van der Waals surface area contributed by atoms with Crippen molar-refractivity contribution in [3.63, 3.8) is 0 Å². The van der Waals surface area contributed by atoms with Gasteiger partial charge in [0, 0.05) is 17.8 Å². The molecule has 0 atom stereocenters. The summed E-state index contributed by atoms with van der Waals surface area (Å²) in [6.07, 6.45) is 2.15. The monoisotopic (exact) mass is 553 g/mol. The Labute approximate surface area is 212 Å². The third-order valence-corrected chi connectivity index (χ3v) is 6.77. The maximum Gasteiger partial charge on any atom is 0.349 e. The molecule has 4 aromatic rings. The Balaban J connectivity index is 1.67. The van der Waals surface area contributed by atoms with Crippen molar-refractivity contribution in [3.05, 3.63) is 97.3 Å². The van der Waals surface area contributed by atoms with Crippen molar-refractivity contribution < 1.29 is 31.8 Å². The number of aromatic nitrogens is 3. The molecule has 0 aliphatic heterocycles. The molecule has 0 aliphatic rings. The maximum absolute atomic E-state index is 13.8. The molecule has 37 heavy (non-hydrogen) atoms. The van der Waals surface area contributed by atoms with Crippen LogP contribution in [0.1, 0.15) is 15.9 Å². The van der Waals surface area contributed by atoms with E-state index in [4.69, 9.17) is 16.3 Å². The topological polar surface area (TPSA) is 130 Å². The van der Waals surface area contributed by atoms with E-state index in [1.165, 1.54) is 41.1 Å². The van der Waals surface area contributed by atoms with E-state index in [-0.39, 0.29) is 40.5 Å². The van der Waals surface area contributed by atoms with Crippen molar-refractivity contribution in [2.45, 2.75) is 13.2 Å². The van der Waals surface area contributed by atoms with Crippen LogP contribution >= 0.6 is 11.6 Å². The highest BCUT2D eigenvalue weighted by Crippen LogP contribution is 2.23. The minimum atomic E-state index is -4.08. The summed E-state index contributed by atoms with van der Waals surface area (Å²) in [5.41, 5.74) is -1.53. The number of rotatable bonds is 7. The SMILES string of the molecule is CS(=O)(=O)n1c(=O)n(C(=O)CO)c2cc(Cn3ccc(OCc4ccc(F)cc4F)c(Cl)c3=O)ccc21. The zero-order chi connectivity index (χ0) is 27.1. The van der Waals surface area contributed by atoms with Crippen LogP contribution in [0.4, 0.5) is 8.78 Å². The summed E-state index contributed by atoms with van der Waals surface area (Å²) in [7, 11) is -4.08. The van der Waals surface area contributed by atoms with E-state index < -0.39 is 45.4 Å². The average molecular weight is 554 g/mol. The van der Waals surface area contributed by atoms with Gasteiger partial charge in [-0.3, -0.25) is 9.59 Å². The Bertz CT molecular complexity index is 1780. The lowest BCUT2D eigenvalue weighted by atomic mass is 10.2. The number of hydrogen-bond acceptors (Lipinski definition) is 7. The smallest absolute Gasteiger partial charge is 0.349 e. The zero-order valence-electron chi connectivity index (χ0n) is 19.0. The zero-order valence-corrected chi connectivity index (χ0v) is 20.6. The highest BCUT2D eigenvalue weighted by molar-refractivity contribution is 7.89. The highest BCUT2D eigenvalue weighted by Gasteiger charge is 2.23. The van der Waals surface area contributed by atoms with Crippen molar-refractivity contribution in [1.82, 2.24) is 13.1 Å². The van der Waals surface area contributed by atoms with Crippen LogP contribution in [-0.4, -0.2) is 45.4 Å². The lowest BCUT2D eigenvalue weighted by Gasteiger charge is -2.12. The number of carbonyl (C=O) groups excluding carboxylic acids is 1. The van der Waals surface area contributed by atoms with Crippen LogP contribution in [0.3, 0.4) is 0 Å². The Hall–Kier alpha value is -3.81.